The lowest BCUT2D eigenvalue weighted by Gasteiger charge is -2.25. The number of amides is 1. The van der Waals surface area contributed by atoms with Crippen LogP contribution in [-0.4, -0.2) is 73.4 Å². The van der Waals surface area contributed by atoms with Crippen LogP contribution in [0.25, 0.3) is 0 Å². The highest BCUT2D eigenvalue weighted by Crippen LogP contribution is 2.43. The number of aliphatic hydroxyl groups is 1. The van der Waals surface area contributed by atoms with Crippen molar-refractivity contribution in [3.63, 3.8) is 0 Å². The summed E-state index contributed by atoms with van der Waals surface area (Å²) in [4.78, 5) is 23.2. The lowest BCUT2D eigenvalue weighted by molar-refractivity contribution is -0.870. The van der Waals surface area contributed by atoms with E-state index in [0.29, 0.717) is 17.4 Å². The topological polar surface area (TPSA) is 105 Å². The van der Waals surface area contributed by atoms with E-state index in [0.717, 1.165) is 89.9 Å². The van der Waals surface area contributed by atoms with Crippen LogP contribution in [0.1, 0.15) is 239 Å². The molecule has 9 heteroatoms. The second-order valence-electron chi connectivity index (χ2n) is 21.0. The van der Waals surface area contributed by atoms with Crippen molar-refractivity contribution >= 4 is 13.7 Å². The van der Waals surface area contributed by atoms with E-state index in [1.54, 1.807) is 6.08 Å². The van der Waals surface area contributed by atoms with Gasteiger partial charge in [-0.2, -0.15) is 0 Å². The molecule has 3 N–H and O–H groups in total. The molecule has 420 valence electrons. The Morgan fingerprint density at radius 1 is 0.479 bits per heavy atom. The highest BCUT2D eigenvalue weighted by Gasteiger charge is 2.27. The van der Waals surface area contributed by atoms with Crippen LogP contribution in [-0.2, 0) is 18.4 Å². The van der Waals surface area contributed by atoms with Gasteiger partial charge >= 0.3 is 7.82 Å². The quantitative estimate of drug-likeness (QED) is 0.0243. The predicted molar refractivity (Wildman–Crippen MR) is 318 cm³/mol. The van der Waals surface area contributed by atoms with Crippen molar-refractivity contribution < 1.29 is 32.9 Å². The maximum absolute atomic E-state index is 13.0. The Morgan fingerprint density at radius 2 is 0.822 bits per heavy atom. The Kier molecular flexibility index (Phi) is 51.9. The van der Waals surface area contributed by atoms with E-state index in [2.05, 4.69) is 116 Å². The minimum atomic E-state index is -4.35. The maximum atomic E-state index is 13.0. The van der Waals surface area contributed by atoms with Crippen molar-refractivity contribution in [1.29, 1.82) is 0 Å². The van der Waals surface area contributed by atoms with E-state index in [-0.39, 0.29) is 19.1 Å². The Morgan fingerprint density at radius 3 is 1.21 bits per heavy atom. The van der Waals surface area contributed by atoms with Gasteiger partial charge in [0.2, 0.25) is 5.91 Å². The molecule has 0 saturated heterocycles. The molecule has 8 nitrogen and oxygen atoms in total. The van der Waals surface area contributed by atoms with Crippen LogP contribution >= 0.6 is 7.82 Å². The van der Waals surface area contributed by atoms with Crippen molar-refractivity contribution in [1.82, 2.24) is 5.32 Å². The van der Waals surface area contributed by atoms with Crippen molar-refractivity contribution in [2.24, 2.45) is 0 Å². The summed E-state index contributed by atoms with van der Waals surface area (Å²) in [7, 11) is 1.56. The monoisotopic (exact) mass is 1040 g/mol. The number of likely N-dealkylation sites (N-methyl/N-ethyl adjacent to an activating group) is 1. The second-order valence-corrected chi connectivity index (χ2v) is 22.4. The van der Waals surface area contributed by atoms with Crippen molar-refractivity contribution in [2.75, 3.05) is 40.9 Å². The van der Waals surface area contributed by atoms with E-state index in [1.165, 1.54) is 128 Å². The number of allylic oxidation sites excluding steroid dienone is 17. The number of phosphoric ester groups is 1. The molecule has 0 aromatic heterocycles. The number of phosphoric acid groups is 1. The lowest BCUT2D eigenvalue weighted by atomic mass is 10.0. The van der Waals surface area contributed by atoms with Crippen LogP contribution in [0.4, 0.5) is 0 Å². The minimum Gasteiger partial charge on any atom is -0.387 e. The van der Waals surface area contributed by atoms with Gasteiger partial charge in [0.1, 0.15) is 13.2 Å². The van der Waals surface area contributed by atoms with Crippen LogP contribution in [0, 0.1) is 0 Å². The Hall–Kier alpha value is -2.84. The standard InChI is InChI=1S/C64H113N2O6P/c1-6-8-10-12-14-16-18-20-21-22-23-24-25-26-27-28-29-30-31-32-33-34-35-36-37-38-39-40-41-42-43-44-45-46-48-50-52-54-56-58-64(68)65-62(61-72-73(69,70)71-60-59-66(3,4)5)63(67)57-55-53-51-49-47-19-17-15-13-11-9-7-2/h8,10,14,16,20-21,23-24,26-27,29-30,32-33,35-36,55,57,62-63,67H,6-7,9,11-13,15,17-19,22,25,28,31,34,37-54,56,58-61H2,1-5H3,(H-,65,68,69,70)/p+1/b10-8-,16-14-,21-20-,24-23-,27-26-,30-29-,33-32-,36-35-,57-55+. The van der Waals surface area contributed by atoms with Gasteiger partial charge in [-0.3, -0.25) is 13.8 Å². The molecule has 0 aromatic carbocycles. The number of hydrogen-bond acceptors (Lipinski definition) is 5. The van der Waals surface area contributed by atoms with Gasteiger partial charge in [0.15, 0.2) is 0 Å². The molecule has 3 unspecified atom stereocenters. The molecule has 0 aliphatic carbocycles. The molecule has 73 heavy (non-hydrogen) atoms. The van der Waals surface area contributed by atoms with Gasteiger partial charge in [-0.25, -0.2) is 4.57 Å². The molecule has 0 aromatic rings. The smallest absolute Gasteiger partial charge is 0.387 e. The summed E-state index contributed by atoms with van der Waals surface area (Å²) in [6.45, 7) is 4.68. The van der Waals surface area contributed by atoms with Gasteiger partial charge in [0, 0.05) is 6.42 Å². The predicted octanol–water partition coefficient (Wildman–Crippen LogP) is 18.4. The zero-order valence-electron chi connectivity index (χ0n) is 47.8. The number of nitrogens with zero attached hydrogens (tertiary/aromatic N) is 1. The number of carbonyl (C=O) groups excluding carboxylic acids is 1. The fraction of sp³-hybridized carbons (Fsp3) is 0.703. The summed E-state index contributed by atoms with van der Waals surface area (Å²) in [5.41, 5.74) is 0. The Balaban J connectivity index is 4.01. The molecule has 0 aliphatic rings. The molecule has 0 aliphatic heterocycles. The summed E-state index contributed by atoms with van der Waals surface area (Å²) in [5, 5.41) is 13.9. The SMILES string of the molecule is CC/C=C\C/C=C\C/C=C\C/C=C\C/C=C\C/C=C\C/C=C\C/C=C\CCCCCCCCCCCCCCCCC(=O)NC(COP(=O)(O)OCC[N+](C)(C)C)C(O)/C=C/CCCCCCCCCCCC. The van der Waals surface area contributed by atoms with E-state index in [1.807, 2.05) is 27.2 Å². The van der Waals surface area contributed by atoms with Crippen LogP contribution in [0.2, 0.25) is 0 Å². The first-order valence-corrected chi connectivity index (χ1v) is 31.3. The second kappa shape index (κ2) is 54.0. The summed E-state index contributed by atoms with van der Waals surface area (Å²) in [5.74, 6) is -0.182. The Labute approximate surface area is 451 Å². The number of rotatable bonds is 53. The average Bonchev–Trinajstić information content (AvgIpc) is 3.35. The molecule has 1 amide bonds. The van der Waals surface area contributed by atoms with Crippen LogP contribution in [0.15, 0.2) is 109 Å². The molecular weight excluding hydrogens is 924 g/mol. The van der Waals surface area contributed by atoms with Crippen LogP contribution in [0.3, 0.4) is 0 Å². The minimum absolute atomic E-state index is 0.0580. The molecule has 3 atom stereocenters. The molecule has 0 rings (SSSR count). The third kappa shape index (κ3) is 56.7. The third-order valence-electron chi connectivity index (χ3n) is 12.7. The van der Waals surface area contributed by atoms with Gasteiger partial charge in [-0.05, 0) is 83.5 Å². The number of unbranched alkanes of at least 4 members (excludes halogenated alkanes) is 24. The summed E-state index contributed by atoms with van der Waals surface area (Å²) in [6.07, 6.45) is 79.2. The zero-order valence-corrected chi connectivity index (χ0v) is 48.7. The number of aliphatic hydroxyl groups excluding tert-OH is 1. The van der Waals surface area contributed by atoms with Crippen LogP contribution in [0.5, 0.6) is 0 Å². The number of carbonyl (C=O) groups is 1. The average molecular weight is 1040 g/mol. The molecule has 0 saturated carbocycles. The van der Waals surface area contributed by atoms with E-state index < -0.39 is 20.0 Å². The van der Waals surface area contributed by atoms with Gasteiger partial charge in [-0.1, -0.05) is 258 Å². The number of quaternary nitrogens is 1. The van der Waals surface area contributed by atoms with Gasteiger partial charge in [0.05, 0.1) is 39.9 Å². The van der Waals surface area contributed by atoms with Gasteiger partial charge in [-0.15, -0.1) is 0 Å². The van der Waals surface area contributed by atoms with E-state index in [4.69, 9.17) is 9.05 Å². The maximum Gasteiger partial charge on any atom is 0.472 e. The molecule has 0 bridgehead atoms. The Bertz CT molecular complexity index is 1550. The van der Waals surface area contributed by atoms with E-state index >= 15 is 0 Å². The molecular formula is C64H114N2O6P+. The highest BCUT2D eigenvalue weighted by atomic mass is 31.2. The largest absolute Gasteiger partial charge is 0.472 e. The first-order valence-electron chi connectivity index (χ1n) is 29.8. The fourth-order valence-corrected chi connectivity index (χ4v) is 8.85. The summed E-state index contributed by atoms with van der Waals surface area (Å²) in [6, 6.07) is -0.851. The summed E-state index contributed by atoms with van der Waals surface area (Å²) >= 11 is 0. The molecule has 0 fully saturated rings. The van der Waals surface area contributed by atoms with E-state index in [9.17, 15) is 19.4 Å². The lowest BCUT2D eigenvalue weighted by Crippen LogP contribution is -2.45. The third-order valence-corrected chi connectivity index (χ3v) is 13.7. The highest BCUT2D eigenvalue weighted by molar-refractivity contribution is 7.47. The van der Waals surface area contributed by atoms with Crippen molar-refractivity contribution in [2.45, 2.75) is 251 Å². The number of nitrogens with one attached hydrogen (secondary N) is 1. The van der Waals surface area contributed by atoms with Crippen molar-refractivity contribution in [3.8, 4) is 0 Å². The fourth-order valence-electron chi connectivity index (χ4n) is 8.12. The zero-order chi connectivity index (χ0) is 53.5. The first kappa shape index (κ1) is 70.2. The first-order chi connectivity index (χ1) is 35.5. The number of hydrogen-bond donors (Lipinski definition) is 3. The van der Waals surface area contributed by atoms with Gasteiger partial charge < -0.3 is 19.8 Å². The molecule has 0 heterocycles. The van der Waals surface area contributed by atoms with Gasteiger partial charge in [0.25, 0.3) is 0 Å². The molecule has 0 spiro atoms. The summed E-state index contributed by atoms with van der Waals surface area (Å²) < 4.78 is 23.6. The van der Waals surface area contributed by atoms with Crippen molar-refractivity contribution in [3.05, 3.63) is 109 Å². The van der Waals surface area contributed by atoms with Crippen LogP contribution < -0.4 is 5.32 Å². The normalized spacial score (nSPS) is 14.7. The molecule has 0 radical (unpaired) electrons.